The third-order valence-electron chi connectivity index (χ3n) is 3.83. The lowest BCUT2D eigenvalue weighted by Gasteiger charge is -2.22. The standard InChI is InChI=1S/C18H28N2O3/c1-7-13-9-8-10-14(11(2)3)16(13)20-18(22)19-15(12(4)5)17(21)23-6/h8-12,15H,7H2,1-6H3,(H2,19,20,22). The van der Waals surface area contributed by atoms with E-state index in [1.165, 1.54) is 7.11 Å². The van der Waals surface area contributed by atoms with Crippen LogP contribution in [0.15, 0.2) is 18.2 Å². The summed E-state index contributed by atoms with van der Waals surface area (Å²) in [5.74, 6) is -0.208. The van der Waals surface area contributed by atoms with Crippen LogP contribution < -0.4 is 10.6 Å². The number of methoxy groups -OCH3 is 1. The molecule has 2 N–H and O–H groups in total. The van der Waals surface area contributed by atoms with E-state index in [2.05, 4.69) is 24.5 Å². The monoisotopic (exact) mass is 320 g/mol. The summed E-state index contributed by atoms with van der Waals surface area (Å²) in [5.41, 5.74) is 2.99. The Morgan fingerprint density at radius 2 is 1.83 bits per heavy atom. The summed E-state index contributed by atoms with van der Waals surface area (Å²) >= 11 is 0. The first kappa shape index (κ1) is 19.0. The van der Waals surface area contributed by atoms with Crippen LogP contribution in [0.1, 0.15) is 51.7 Å². The van der Waals surface area contributed by atoms with Gasteiger partial charge in [-0.25, -0.2) is 9.59 Å². The zero-order valence-corrected chi connectivity index (χ0v) is 14.9. The van der Waals surface area contributed by atoms with E-state index in [9.17, 15) is 9.59 Å². The minimum atomic E-state index is -0.670. The molecule has 0 heterocycles. The molecule has 1 rings (SSSR count). The van der Waals surface area contributed by atoms with Gasteiger partial charge in [0, 0.05) is 5.69 Å². The van der Waals surface area contributed by atoms with Crippen molar-refractivity contribution in [3.05, 3.63) is 29.3 Å². The van der Waals surface area contributed by atoms with Crippen molar-refractivity contribution in [2.24, 2.45) is 5.92 Å². The van der Waals surface area contributed by atoms with Crippen LogP contribution in [-0.2, 0) is 16.0 Å². The number of benzene rings is 1. The molecule has 0 bridgehead atoms. The number of hydrogen-bond donors (Lipinski definition) is 2. The number of hydrogen-bond acceptors (Lipinski definition) is 3. The van der Waals surface area contributed by atoms with Gasteiger partial charge >= 0.3 is 12.0 Å². The average molecular weight is 320 g/mol. The highest BCUT2D eigenvalue weighted by Crippen LogP contribution is 2.28. The Balaban J connectivity index is 2.98. The summed E-state index contributed by atoms with van der Waals surface area (Å²) in [7, 11) is 1.32. The molecular formula is C18H28N2O3. The lowest BCUT2D eigenvalue weighted by molar-refractivity contribution is -0.143. The summed E-state index contributed by atoms with van der Waals surface area (Å²) in [6, 6.07) is 4.96. The molecule has 5 heteroatoms. The third kappa shape index (κ3) is 4.98. The second kappa shape index (κ2) is 8.56. The Morgan fingerprint density at radius 1 is 1.17 bits per heavy atom. The Labute approximate surface area is 138 Å². The molecule has 0 saturated carbocycles. The highest BCUT2D eigenvalue weighted by atomic mass is 16.5. The molecule has 23 heavy (non-hydrogen) atoms. The van der Waals surface area contributed by atoms with E-state index in [1.807, 2.05) is 39.0 Å². The topological polar surface area (TPSA) is 67.4 Å². The molecule has 0 aliphatic rings. The van der Waals surface area contributed by atoms with Gasteiger partial charge in [0.2, 0.25) is 0 Å². The number of nitrogens with one attached hydrogen (secondary N) is 2. The fourth-order valence-electron chi connectivity index (χ4n) is 2.46. The van der Waals surface area contributed by atoms with Crippen molar-refractivity contribution in [2.75, 3.05) is 12.4 Å². The summed E-state index contributed by atoms with van der Waals surface area (Å²) in [6.45, 7) is 9.95. The SMILES string of the molecule is CCc1cccc(C(C)C)c1NC(=O)NC(C(=O)OC)C(C)C. The fourth-order valence-corrected chi connectivity index (χ4v) is 2.46. The van der Waals surface area contributed by atoms with E-state index in [0.717, 1.165) is 23.2 Å². The third-order valence-corrected chi connectivity index (χ3v) is 3.83. The number of carbonyl (C=O) groups is 2. The molecule has 1 aromatic rings. The van der Waals surface area contributed by atoms with E-state index < -0.39 is 18.0 Å². The van der Waals surface area contributed by atoms with Crippen LogP contribution in [0.4, 0.5) is 10.5 Å². The van der Waals surface area contributed by atoms with Gasteiger partial charge in [-0.15, -0.1) is 0 Å². The minimum Gasteiger partial charge on any atom is -0.467 e. The number of esters is 1. The zero-order valence-electron chi connectivity index (χ0n) is 14.9. The molecule has 0 spiro atoms. The fraction of sp³-hybridized carbons (Fsp3) is 0.556. The first-order valence-electron chi connectivity index (χ1n) is 8.08. The largest absolute Gasteiger partial charge is 0.467 e. The van der Waals surface area contributed by atoms with Crippen molar-refractivity contribution in [3.8, 4) is 0 Å². The van der Waals surface area contributed by atoms with Crippen LogP contribution in [0.3, 0.4) is 0 Å². The maximum atomic E-state index is 12.4. The van der Waals surface area contributed by atoms with E-state index in [0.29, 0.717) is 5.92 Å². The molecule has 128 valence electrons. The highest BCUT2D eigenvalue weighted by molar-refractivity contribution is 5.94. The average Bonchev–Trinajstić information content (AvgIpc) is 2.51. The predicted octanol–water partition coefficient (Wildman–Crippen LogP) is 3.69. The molecule has 0 aliphatic carbocycles. The van der Waals surface area contributed by atoms with E-state index in [1.54, 1.807) is 0 Å². The van der Waals surface area contributed by atoms with Gasteiger partial charge in [0.05, 0.1) is 7.11 Å². The van der Waals surface area contributed by atoms with E-state index in [-0.39, 0.29) is 5.92 Å². The van der Waals surface area contributed by atoms with Crippen molar-refractivity contribution >= 4 is 17.7 Å². The van der Waals surface area contributed by atoms with Crippen LogP contribution >= 0.6 is 0 Å². The van der Waals surface area contributed by atoms with Crippen molar-refractivity contribution < 1.29 is 14.3 Å². The molecule has 0 radical (unpaired) electrons. The predicted molar refractivity (Wildman–Crippen MR) is 92.7 cm³/mol. The van der Waals surface area contributed by atoms with Crippen molar-refractivity contribution in [1.82, 2.24) is 5.32 Å². The Morgan fingerprint density at radius 3 is 2.30 bits per heavy atom. The second-order valence-corrected chi connectivity index (χ2v) is 6.23. The highest BCUT2D eigenvalue weighted by Gasteiger charge is 2.25. The van der Waals surface area contributed by atoms with Gasteiger partial charge in [-0.3, -0.25) is 0 Å². The van der Waals surface area contributed by atoms with Crippen LogP contribution in [0, 0.1) is 5.92 Å². The van der Waals surface area contributed by atoms with Crippen molar-refractivity contribution in [1.29, 1.82) is 0 Å². The molecule has 2 amide bonds. The lowest BCUT2D eigenvalue weighted by atomic mass is 9.96. The normalized spacial score (nSPS) is 12.2. The second-order valence-electron chi connectivity index (χ2n) is 6.23. The Bertz CT molecular complexity index is 553. The molecule has 0 aliphatic heterocycles. The van der Waals surface area contributed by atoms with Crippen LogP contribution in [-0.4, -0.2) is 25.2 Å². The van der Waals surface area contributed by atoms with E-state index in [4.69, 9.17) is 4.74 Å². The van der Waals surface area contributed by atoms with Gasteiger partial charge in [-0.1, -0.05) is 52.8 Å². The zero-order chi connectivity index (χ0) is 17.6. The maximum Gasteiger partial charge on any atom is 0.328 e. The van der Waals surface area contributed by atoms with Gasteiger partial charge in [-0.05, 0) is 29.4 Å². The quantitative estimate of drug-likeness (QED) is 0.786. The van der Waals surface area contributed by atoms with Crippen molar-refractivity contribution in [2.45, 2.75) is 53.0 Å². The van der Waals surface area contributed by atoms with Crippen LogP contribution in [0.2, 0.25) is 0 Å². The number of anilines is 1. The Kier molecular flexibility index (Phi) is 7.07. The first-order valence-corrected chi connectivity index (χ1v) is 8.08. The molecule has 1 unspecified atom stereocenters. The summed E-state index contributed by atoms with van der Waals surface area (Å²) < 4.78 is 4.75. The van der Waals surface area contributed by atoms with Gasteiger partial charge in [-0.2, -0.15) is 0 Å². The molecule has 0 saturated heterocycles. The van der Waals surface area contributed by atoms with Gasteiger partial charge < -0.3 is 15.4 Å². The minimum absolute atomic E-state index is 0.0563. The van der Waals surface area contributed by atoms with Gasteiger partial charge in [0.1, 0.15) is 6.04 Å². The maximum absolute atomic E-state index is 12.4. The lowest BCUT2D eigenvalue weighted by Crippen LogP contribution is -2.46. The molecule has 1 aromatic carbocycles. The molecule has 0 aromatic heterocycles. The van der Waals surface area contributed by atoms with E-state index >= 15 is 0 Å². The number of ether oxygens (including phenoxy) is 1. The van der Waals surface area contributed by atoms with Crippen LogP contribution in [0.5, 0.6) is 0 Å². The Hall–Kier alpha value is -2.04. The molecular weight excluding hydrogens is 292 g/mol. The molecule has 5 nitrogen and oxygen atoms in total. The summed E-state index contributed by atoms with van der Waals surface area (Å²) in [6.07, 6.45) is 0.820. The number of urea groups is 1. The van der Waals surface area contributed by atoms with Crippen molar-refractivity contribution in [3.63, 3.8) is 0 Å². The summed E-state index contributed by atoms with van der Waals surface area (Å²) in [5, 5.41) is 5.63. The number of para-hydroxylation sites is 1. The molecule has 0 fully saturated rings. The number of carbonyl (C=O) groups excluding carboxylic acids is 2. The summed E-state index contributed by atoms with van der Waals surface area (Å²) in [4.78, 5) is 24.1. The number of aryl methyl sites for hydroxylation is 1. The first-order chi connectivity index (χ1) is 10.8. The van der Waals surface area contributed by atoms with Gasteiger partial charge in [0.25, 0.3) is 0 Å². The van der Waals surface area contributed by atoms with Crippen LogP contribution in [0.25, 0.3) is 0 Å². The van der Waals surface area contributed by atoms with Gasteiger partial charge in [0.15, 0.2) is 0 Å². The molecule has 1 atom stereocenters. The number of amides is 2. The smallest absolute Gasteiger partial charge is 0.328 e. The number of rotatable bonds is 6.